The lowest BCUT2D eigenvalue weighted by Crippen LogP contribution is -2.48. The van der Waals surface area contributed by atoms with Gasteiger partial charge in [0, 0.05) is 37.0 Å². The molecule has 2 aromatic rings. The number of hydrogen-bond acceptors (Lipinski definition) is 5. The molecule has 0 radical (unpaired) electrons. The van der Waals surface area contributed by atoms with Crippen LogP contribution in [0.3, 0.4) is 0 Å². The van der Waals surface area contributed by atoms with E-state index in [0.717, 1.165) is 26.1 Å². The number of benzene rings is 1. The van der Waals surface area contributed by atoms with E-state index in [1.807, 2.05) is 6.92 Å². The van der Waals surface area contributed by atoms with Gasteiger partial charge in [-0.05, 0) is 35.9 Å². The highest BCUT2D eigenvalue weighted by Gasteiger charge is 2.30. The maximum absolute atomic E-state index is 12.7. The van der Waals surface area contributed by atoms with E-state index >= 15 is 0 Å². The van der Waals surface area contributed by atoms with Crippen molar-refractivity contribution < 1.29 is 4.79 Å². The van der Waals surface area contributed by atoms with Crippen molar-refractivity contribution in [2.45, 2.75) is 32.0 Å². The zero-order valence-electron chi connectivity index (χ0n) is 15.1. The molecule has 0 bridgehead atoms. The van der Waals surface area contributed by atoms with E-state index in [1.54, 1.807) is 11.3 Å². The third-order valence-electron chi connectivity index (χ3n) is 5.57. The molecule has 1 saturated heterocycles. The molecule has 138 valence electrons. The van der Waals surface area contributed by atoms with Gasteiger partial charge >= 0.3 is 0 Å². The molecule has 2 aliphatic heterocycles. The van der Waals surface area contributed by atoms with Gasteiger partial charge in [-0.3, -0.25) is 15.1 Å². The average molecular weight is 371 g/mol. The van der Waals surface area contributed by atoms with Crippen LogP contribution in [-0.4, -0.2) is 36.5 Å². The van der Waals surface area contributed by atoms with Crippen LogP contribution >= 0.6 is 11.3 Å². The van der Waals surface area contributed by atoms with Crippen LogP contribution in [0, 0.1) is 5.92 Å². The predicted octanol–water partition coefficient (Wildman–Crippen LogP) is 2.08. The Morgan fingerprint density at radius 1 is 1.31 bits per heavy atom. The first-order chi connectivity index (χ1) is 12.7. The molecule has 0 saturated carbocycles. The van der Waals surface area contributed by atoms with Crippen molar-refractivity contribution in [3.8, 4) is 0 Å². The first-order valence-electron chi connectivity index (χ1n) is 9.32. The Morgan fingerprint density at radius 2 is 2.15 bits per heavy atom. The van der Waals surface area contributed by atoms with Gasteiger partial charge < -0.3 is 5.32 Å². The van der Waals surface area contributed by atoms with Gasteiger partial charge in [-0.25, -0.2) is 5.43 Å². The largest absolute Gasteiger partial charge is 0.354 e. The average Bonchev–Trinajstić information content (AvgIpc) is 3.36. The van der Waals surface area contributed by atoms with Gasteiger partial charge in [0.25, 0.3) is 0 Å². The molecule has 4 rings (SSSR count). The zero-order chi connectivity index (χ0) is 17.9. The third kappa shape index (κ3) is 3.69. The smallest absolute Gasteiger partial charge is 0.237 e. The summed E-state index contributed by atoms with van der Waals surface area (Å²) in [6.45, 7) is 5.38. The minimum atomic E-state index is -0.106. The lowest BCUT2D eigenvalue weighted by Gasteiger charge is -2.33. The minimum Gasteiger partial charge on any atom is -0.354 e. The number of carbonyl (C=O) groups excluding carboxylic acids is 1. The van der Waals surface area contributed by atoms with Crippen LogP contribution < -0.4 is 16.2 Å². The summed E-state index contributed by atoms with van der Waals surface area (Å²) < 4.78 is 0. The molecule has 1 amide bonds. The molecule has 1 fully saturated rings. The topological polar surface area (TPSA) is 56.4 Å². The second-order valence-electron chi connectivity index (χ2n) is 7.19. The summed E-state index contributed by atoms with van der Waals surface area (Å²) in [4.78, 5) is 16.3. The highest BCUT2D eigenvalue weighted by atomic mass is 32.1. The molecule has 3 heterocycles. The lowest BCUT2D eigenvalue weighted by molar-refractivity contribution is -0.126. The van der Waals surface area contributed by atoms with Crippen LogP contribution in [0.15, 0.2) is 41.8 Å². The van der Waals surface area contributed by atoms with Gasteiger partial charge in [0.15, 0.2) is 0 Å². The Balaban J connectivity index is 1.32. The Kier molecular flexibility index (Phi) is 5.36. The van der Waals surface area contributed by atoms with Crippen LogP contribution in [-0.2, 0) is 17.8 Å². The molecular weight excluding hydrogens is 344 g/mol. The fraction of sp³-hybridized carbons (Fsp3) is 0.450. The standard InChI is InChI=1S/C20H26N4OS/c1-14(24-9-8-15-5-2-3-6-16(15)13-24)20(25)21-11-17-12-22-23-19(17)18-7-4-10-26-18/h2-7,10,14,17,19,22-23H,8-9,11-13H2,1H3,(H,21,25). The van der Waals surface area contributed by atoms with Crippen LogP contribution in [0.1, 0.15) is 29.0 Å². The maximum atomic E-state index is 12.7. The molecule has 0 spiro atoms. The van der Waals surface area contributed by atoms with Gasteiger partial charge in [0.2, 0.25) is 5.91 Å². The number of amides is 1. The number of nitrogens with zero attached hydrogens (tertiary/aromatic N) is 1. The van der Waals surface area contributed by atoms with Crippen molar-refractivity contribution >= 4 is 17.2 Å². The van der Waals surface area contributed by atoms with Gasteiger partial charge in [-0.2, -0.15) is 0 Å². The van der Waals surface area contributed by atoms with Crippen molar-refractivity contribution in [2.24, 2.45) is 5.92 Å². The quantitative estimate of drug-likeness (QED) is 0.754. The number of rotatable bonds is 5. The van der Waals surface area contributed by atoms with Crippen molar-refractivity contribution in [3.63, 3.8) is 0 Å². The number of hydrazine groups is 1. The van der Waals surface area contributed by atoms with Crippen molar-refractivity contribution in [2.75, 3.05) is 19.6 Å². The van der Waals surface area contributed by atoms with E-state index in [4.69, 9.17) is 0 Å². The first kappa shape index (κ1) is 17.7. The molecule has 2 aliphatic rings. The number of carbonyl (C=O) groups is 1. The number of nitrogens with one attached hydrogen (secondary N) is 3. The van der Waals surface area contributed by atoms with E-state index < -0.39 is 0 Å². The molecule has 1 aromatic heterocycles. The Labute approximate surface area is 158 Å². The third-order valence-corrected chi connectivity index (χ3v) is 6.52. The number of thiophene rings is 1. The fourth-order valence-corrected chi connectivity index (χ4v) is 4.76. The van der Waals surface area contributed by atoms with Crippen LogP contribution in [0.25, 0.3) is 0 Å². The molecule has 26 heavy (non-hydrogen) atoms. The second kappa shape index (κ2) is 7.88. The highest BCUT2D eigenvalue weighted by Crippen LogP contribution is 2.28. The van der Waals surface area contributed by atoms with Gasteiger partial charge in [-0.15, -0.1) is 11.3 Å². The van der Waals surface area contributed by atoms with Crippen molar-refractivity contribution in [1.82, 2.24) is 21.1 Å². The van der Waals surface area contributed by atoms with Crippen molar-refractivity contribution in [3.05, 3.63) is 57.8 Å². The summed E-state index contributed by atoms with van der Waals surface area (Å²) in [6.07, 6.45) is 1.02. The Hall–Kier alpha value is -1.73. The summed E-state index contributed by atoms with van der Waals surface area (Å²) in [5.41, 5.74) is 9.33. The summed E-state index contributed by atoms with van der Waals surface area (Å²) in [7, 11) is 0. The van der Waals surface area contributed by atoms with E-state index in [2.05, 4.69) is 62.8 Å². The number of fused-ring (bicyclic) bond motifs is 1. The normalized spacial score (nSPS) is 24.2. The molecule has 6 heteroatoms. The van der Waals surface area contributed by atoms with Crippen LogP contribution in [0.5, 0.6) is 0 Å². The lowest BCUT2D eigenvalue weighted by atomic mass is 9.98. The first-order valence-corrected chi connectivity index (χ1v) is 10.2. The summed E-state index contributed by atoms with van der Waals surface area (Å²) in [5.74, 6) is 0.494. The molecule has 3 N–H and O–H groups in total. The van der Waals surface area contributed by atoms with Gasteiger partial charge in [0.1, 0.15) is 0 Å². The van der Waals surface area contributed by atoms with E-state index in [1.165, 1.54) is 16.0 Å². The number of hydrogen-bond donors (Lipinski definition) is 3. The minimum absolute atomic E-state index is 0.106. The van der Waals surface area contributed by atoms with Gasteiger partial charge in [0.05, 0.1) is 12.1 Å². The molecule has 3 unspecified atom stereocenters. The van der Waals surface area contributed by atoms with E-state index in [-0.39, 0.29) is 18.0 Å². The SMILES string of the molecule is CC(C(=O)NCC1CNNC1c1cccs1)N1CCc2ccccc2C1. The summed E-state index contributed by atoms with van der Waals surface area (Å²) >= 11 is 1.76. The molecule has 0 aliphatic carbocycles. The van der Waals surface area contributed by atoms with E-state index in [9.17, 15) is 4.79 Å². The monoisotopic (exact) mass is 370 g/mol. The molecule has 3 atom stereocenters. The molecule has 1 aromatic carbocycles. The highest BCUT2D eigenvalue weighted by molar-refractivity contribution is 7.10. The van der Waals surface area contributed by atoms with Crippen LogP contribution in [0.4, 0.5) is 0 Å². The second-order valence-corrected chi connectivity index (χ2v) is 8.17. The summed E-state index contributed by atoms with van der Waals surface area (Å²) in [6, 6.07) is 12.9. The Bertz CT molecular complexity index is 748. The zero-order valence-corrected chi connectivity index (χ0v) is 15.9. The predicted molar refractivity (Wildman–Crippen MR) is 105 cm³/mol. The fourth-order valence-electron chi connectivity index (χ4n) is 3.89. The maximum Gasteiger partial charge on any atom is 0.237 e. The van der Waals surface area contributed by atoms with Crippen LogP contribution in [0.2, 0.25) is 0 Å². The van der Waals surface area contributed by atoms with Crippen molar-refractivity contribution in [1.29, 1.82) is 0 Å². The Morgan fingerprint density at radius 3 is 2.96 bits per heavy atom. The van der Waals surface area contributed by atoms with Gasteiger partial charge in [-0.1, -0.05) is 30.3 Å². The summed E-state index contributed by atoms with van der Waals surface area (Å²) in [5, 5.41) is 5.28. The molecule has 5 nitrogen and oxygen atoms in total. The van der Waals surface area contributed by atoms with E-state index in [0.29, 0.717) is 12.5 Å². The molecular formula is C20H26N4OS.